The van der Waals surface area contributed by atoms with Gasteiger partial charge >= 0.3 is 0 Å². The molecule has 2 rings (SSSR count). The molecule has 0 unspecified atom stereocenters. The van der Waals surface area contributed by atoms with Crippen molar-refractivity contribution in [3.63, 3.8) is 0 Å². The second kappa shape index (κ2) is 5.05. The maximum atomic E-state index is 14.0. The molecule has 0 aliphatic heterocycles. The van der Waals surface area contributed by atoms with E-state index in [9.17, 15) is 8.78 Å². The van der Waals surface area contributed by atoms with Gasteiger partial charge in [0, 0.05) is 5.57 Å². The van der Waals surface area contributed by atoms with Crippen molar-refractivity contribution >= 4 is 5.57 Å². The molecule has 1 aromatic carbocycles. The van der Waals surface area contributed by atoms with Gasteiger partial charge in [0.15, 0.2) is 0 Å². The van der Waals surface area contributed by atoms with Gasteiger partial charge in [0.05, 0.1) is 0 Å². The Bertz CT molecular complexity index is 522. The number of hydrogen-bond donors (Lipinski definition) is 0. The average molecular weight is 247 g/mol. The van der Waals surface area contributed by atoms with Gasteiger partial charge in [-0.2, -0.15) is 0 Å². The number of rotatable bonds is 2. The zero-order chi connectivity index (χ0) is 13.3. The molecule has 0 saturated carbocycles. The normalized spacial score (nSPS) is 16.2. The molecule has 0 nitrogen and oxygen atoms in total. The lowest BCUT2D eigenvalue weighted by Crippen LogP contribution is -2.05. The molecule has 1 aliphatic carbocycles. The van der Waals surface area contributed by atoms with Crippen LogP contribution in [0.1, 0.15) is 31.4 Å². The number of allylic oxidation sites excluding steroid dienone is 4. The fraction of sp³-hybridized carbons (Fsp3) is 0.312. The van der Waals surface area contributed by atoms with Gasteiger partial charge in [-0.1, -0.05) is 31.6 Å². The molecule has 95 valence electrons. The second-order valence-corrected chi connectivity index (χ2v) is 4.94. The molecule has 1 radical (unpaired) electrons. The zero-order valence-corrected chi connectivity index (χ0v) is 10.9. The fourth-order valence-electron chi connectivity index (χ4n) is 2.21. The van der Waals surface area contributed by atoms with Gasteiger partial charge in [-0.25, -0.2) is 8.78 Å². The minimum atomic E-state index is -0.290. The van der Waals surface area contributed by atoms with Crippen LogP contribution in [0.3, 0.4) is 0 Å². The molecule has 0 fully saturated rings. The summed E-state index contributed by atoms with van der Waals surface area (Å²) in [4.78, 5) is 0. The SMILES string of the molecule is Cc1ccc(C2=C(C(C)C)[CH]CC=C2F)cc1F. The molecule has 18 heavy (non-hydrogen) atoms. The van der Waals surface area contributed by atoms with Crippen LogP contribution in [-0.2, 0) is 0 Å². The van der Waals surface area contributed by atoms with Crippen LogP contribution >= 0.6 is 0 Å². The molecule has 2 heteroatoms. The van der Waals surface area contributed by atoms with E-state index >= 15 is 0 Å². The average Bonchev–Trinajstić information content (AvgIpc) is 2.32. The molecule has 1 aromatic rings. The lowest BCUT2D eigenvalue weighted by atomic mass is 9.85. The van der Waals surface area contributed by atoms with Crippen LogP contribution < -0.4 is 0 Å². The first kappa shape index (κ1) is 13.0. The first-order valence-corrected chi connectivity index (χ1v) is 6.20. The lowest BCUT2D eigenvalue weighted by Gasteiger charge is -2.21. The maximum absolute atomic E-state index is 14.0. The fourth-order valence-corrected chi connectivity index (χ4v) is 2.21. The predicted octanol–water partition coefficient (Wildman–Crippen LogP) is 5.01. The van der Waals surface area contributed by atoms with Gasteiger partial charge in [0.25, 0.3) is 0 Å². The molecular weight excluding hydrogens is 230 g/mol. The minimum absolute atomic E-state index is 0.226. The third-order valence-electron chi connectivity index (χ3n) is 3.24. The smallest absolute Gasteiger partial charge is 0.127 e. The monoisotopic (exact) mass is 247 g/mol. The van der Waals surface area contributed by atoms with E-state index in [0.29, 0.717) is 23.1 Å². The molecule has 0 aromatic heterocycles. The van der Waals surface area contributed by atoms with E-state index < -0.39 is 0 Å². The Morgan fingerprint density at radius 1 is 1.17 bits per heavy atom. The van der Waals surface area contributed by atoms with Gasteiger partial charge in [-0.3, -0.25) is 0 Å². The molecular formula is C16H17F2. The van der Waals surface area contributed by atoms with Crippen molar-refractivity contribution in [2.75, 3.05) is 0 Å². The van der Waals surface area contributed by atoms with E-state index in [4.69, 9.17) is 0 Å². The summed E-state index contributed by atoms with van der Waals surface area (Å²) in [6.45, 7) is 5.75. The molecule has 0 atom stereocenters. The quantitative estimate of drug-likeness (QED) is 0.689. The highest BCUT2D eigenvalue weighted by molar-refractivity contribution is 5.82. The lowest BCUT2D eigenvalue weighted by molar-refractivity contribution is 0.617. The predicted molar refractivity (Wildman–Crippen MR) is 71.0 cm³/mol. The Hall–Kier alpha value is -1.44. The van der Waals surface area contributed by atoms with Gasteiger partial charge < -0.3 is 0 Å². The summed E-state index contributed by atoms with van der Waals surface area (Å²) in [6, 6.07) is 4.89. The number of aryl methyl sites for hydroxylation is 1. The van der Waals surface area contributed by atoms with Crippen molar-refractivity contribution in [3.05, 3.63) is 59.0 Å². The van der Waals surface area contributed by atoms with Crippen molar-refractivity contribution in [3.8, 4) is 0 Å². The van der Waals surface area contributed by atoms with Crippen LogP contribution in [0.25, 0.3) is 5.57 Å². The molecule has 0 bridgehead atoms. The Morgan fingerprint density at radius 2 is 1.89 bits per heavy atom. The highest BCUT2D eigenvalue weighted by Gasteiger charge is 2.20. The molecule has 1 aliphatic rings. The summed E-state index contributed by atoms with van der Waals surface area (Å²) >= 11 is 0. The summed E-state index contributed by atoms with van der Waals surface area (Å²) < 4.78 is 27.7. The van der Waals surface area contributed by atoms with Gasteiger partial charge in [-0.15, -0.1) is 0 Å². The first-order chi connectivity index (χ1) is 8.50. The van der Waals surface area contributed by atoms with Crippen LogP contribution in [0.5, 0.6) is 0 Å². The summed E-state index contributed by atoms with van der Waals surface area (Å²) in [7, 11) is 0. The summed E-state index contributed by atoms with van der Waals surface area (Å²) in [5, 5.41) is 0. The zero-order valence-electron chi connectivity index (χ0n) is 10.9. The maximum Gasteiger partial charge on any atom is 0.127 e. The molecule has 0 saturated heterocycles. The Morgan fingerprint density at radius 3 is 2.50 bits per heavy atom. The van der Waals surface area contributed by atoms with Crippen LogP contribution in [0, 0.1) is 25.1 Å². The summed E-state index contributed by atoms with van der Waals surface area (Å²) in [5.74, 6) is -0.310. The number of hydrogen-bond acceptors (Lipinski definition) is 0. The van der Waals surface area contributed by atoms with Crippen molar-refractivity contribution in [2.45, 2.75) is 27.2 Å². The van der Waals surface area contributed by atoms with Crippen molar-refractivity contribution in [1.29, 1.82) is 0 Å². The standard InChI is InChI=1S/C16H17F2/c1-10(2)13-5-4-6-14(17)16(13)12-8-7-11(3)15(18)9-12/h5-10H,4H2,1-3H3. The van der Waals surface area contributed by atoms with Gasteiger partial charge in [0.1, 0.15) is 11.6 Å². The van der Waals surface area contributed by atoms with E-state index in [-0.39, 0.29) is 17.6 Å². The molecule has 0 heterocycles. The Balaban J connectivity index is 2.57. The third-order valence-corrected chi connectivity index (χ3v) is 3.24. The Labute approximate surface area is 107 Å². The van der Waals surface area contributed by atoms with E-state index in [1.165, 1.54) is 6.07 Å². The topological polar surface area (TPSA) is 0 Å². The highest BCUT2D eigenvalue weighted by atomic mass is 19.1. The van der Waals surface area contributed by atoms with Crippen molar-refractivity contribution < 1.29 is 8.78 Å². The van der Waals surface area contributed by atoms with E-state index in [0.717, 1.165) is 5.57 Å². The van der Waals surface area contributed by atoms with Gasteiger partial charge in [-0.05, 0) is 49.0 Å². The second-order valence-electron chi connectivity index (χ2n) is 4.94. The first-order valence-electron chi connectivity index (χ1n) is 6.20. The van der Waals surface area contributed by atoms with Gasteiger partial charge in [0.2, 0.25) is 0 Å². The van der Waals surface area contributed by atoms with Crippen molar-refractivity contribution in [2.24, 2.45) is 5.92 Å². The van der Waals surface area contributed by atoms with E-state index in [1.54, 1.807) is 25.1 Å². The molecule has 0 N–H and O–H groups in total. The van der Waals surface area contributed by atoms with Crippen LogP contribution in [0.2, 0.25) is 0 Å². The largest absolute Gasteiger partial charge is 0.207 e. The van der Waals surface area contributed by atoms with Crippen LogP contribution in [0.4, 0.5) is 8.78 Å². The number of halogens is 2. The minimum Gasteiger partial charge on any atom is -0.207 e. The molecule has 0 amide bonds. The summed E-state index contributed by atoms with van der Waals surface area (Å²) in [5.41, 5.74) is 2.69. The van der Waals surface area contributed by atoms with E-state index in [2.05, 4.69) is 0 Å². The summed E-state index contributed by atoms with van der Waals surface area (Å²) in [6.07, 6.45) is 4.16. The Kier molecular flexibility index (Phi) is 3.65. The van der Waals surface area contributed by atoms with Crippen LogP contribution in [-0.4, -0.2) is 0 Å². The highest BCUT2D eigenvalue weighted by Crippen LogP contribution is 2.37. The van der Waals surface area contributed by atoms with E-state index in [1.807, 2.05) is 20.3 Å². The number of benzene rings is 1. The van der Waals surface area contributed by atoms with Crippen LogP contribution in [0.15, 0.2) is 35.7 Å². The van der Waals surface area contributed by atoms with Crippen molar-refractivity contribution in [1.82, 2.24) is 0 Å². The third kappa shape index (κ3) is 2.38. The molecule has 0 spiro atoms.